The molecule has 0 radical (unpaired) electrons. The van der Waals surface area contributed by atoms with Gasteiger partial charge in [-0.05, 0) is 49.8 Å². The number of halogens is 1. The summed E-state index contributed by atoms with van der Waals surface area (Å²) in [6.07, 6.45) is 3.05. The zero-order valence-corrected chi connectivity index (χ0v) is 22.7. The maximum Gasteiger partial charge on any atom is 0.244 e. The first-order valence-electron chi connectivity index (χ1n) is 12.3. The minimum atomic E-state index is 0. The van der Waals surface area contributed by atoms with E-state index in [1.54, 1.807) is 0 Å². The number of hydrogen-bond acceptors (Lipinski definition) is 3. The second kappa shape index (κ2) is 13.1. The molecule has 2 aromatic rings. The molecule has 2 atom stereocenters. The smallest absolute Gasteiger partial charge is 0.244 e. The molecule has 6 nitrogen and oxygen atoms in total. The summed E-state index contributed by atoms with van der Waals surface area (Å²) in [5.74, 6) is 0.838. The summed E-state index contributed by atoms with van der Waals surface area (Å²) in [6.45, 7) is 8.83. The number of nitrogens with zero attached hydrogens (tertiary/aromatic N) is 3. The van der Waals surface area contributed by atoms with E-state index in [2.05, 4.69) is 82.9 Å². The Bertz CT molecular complexity index is 951. The molecule has 2 N–H and O–H groups in total. The lowest BCUT2D eigenvalue weighted by molar-refractivity contribution is -0.130. The first kappa shape index (κ1) is 26.5. The molecule has 0 bridgehead atoms. The van der Waals surface area contributed by atoms with Crippen molar-refractivity contribution in [2.45, 2.75) is 58.3 Å². The van der Waals surface area contributed by atoms with Crippen molar-refractivity contribution in [1.29, 1.82) is 0 Å². The number of amides is 1. The van der Waals surface area contributed by atoms with Gasteiger partial charge in [0, 0.05) is 44.8 Å². The predicted octanol–water partition coefficient (Wildman–Crippen LogP) is 3.80. The topological polar surface area (TPSA) is 60.0 Å². The number of carbonyl (C=O) groups is 1. The molecule has 184 valence electrons. The van der Waals surface area contributed by atoms with Crippen LogP contribution in [-0.2, 0) is 24.3 Å². The van der Waals surface area contributed by atoms with E-state index < -0.39 is 0 Å². The zero-order valence-electron chi connectivity index (χ0n) is 20.4. The highest BCUT2D eigenvalue weighted by molar-refractivity contribution is 14.0. The van der Waals surface area contributed by atoms with Crippen molar-refractivity contribution in [2.24, 2.45) is 4.99 Å². The van der Waals surface area contributed by atoms with Gasteiger partial charge in [-0.3, -0.25) is 9.69 Å². The molecule has 0 saturated carbocycles. The molecule has 7 heteroatoms. The molecule has 34 heavy (non-hydrogen) atoms. The third kappa shape index (κ3) is 7.18. The van der Waals surface area contributed by atoms with Crippen molar-refractivity contribution in [3.8, 4) is 0 Å². The van der Waals surface area contributed by atoms with Crippen LogP contribution < -0.4 is 10.6 Å². The minimum absolute atomic E-state index is 0. The predicted molar refractivity (Wildman–Crippen MR) is 149 cm³/mol. The monoisotopic (exact) mass is 575 g/mol. The van der Waals surface area contributed by atoms with Gasteiger partial charge >= 0.3 is 0 Å². The van der Waals surface area contributed by atoms with Crippen LogP contribution in [0.3, 0.4) is 0 Å². The number of nitrogens with one attached hydrogen (secondary N) is 2. The van der Waals surface area contributed by atoms with E-state index in [-0.39, 0.29) is 36.4 Å². The summed E-state index contributed by atoms with van der Waals surface area (Å²) in [6, 6.07) is 19.9. The van der Waals surface area contributed by atoms with Gasteiger partial charge in [-0.1, -0.05) is 54.6 Å². The summed E-state index contributed by atoms with van der Waals surface area (Å²) >= 11 is 0. The van der Waals surface area contributed by atoms with Gasteiger partial charge in [-0.25, -0.2) is 4.99 Å². The molecule has 0 aromatic heterocycles. The Hall–Kier alpha value is -2.13. The molecule has 2 aliphatic heterocycles. The second-order valence-corrected chi connectivity index (χ2v) is 9.20. The number of hydrogen-bond donors (Lipinski definition) is 2. The number of carbonyl (C=O) groups excluding carboxylic acids is 1. The molecular weight excluding hydrogens is 537 g/mol. The number of fused-ring (bicyclic) bond motifs is 1. The molecule has 1 fully saturated rings. The fourth-order valence-corrected chi connectivity index (χ4v) is 4.87. The van der Waals surface area contributed by atoms with Crippen LogP contribution in [-0.4, -0.2) is 59.9 Å². The second-order valence-electron chi connectivity index (χ2n) is 9.20. The van der Waals surface area contributed by atoms with Crippen LogP contribution >= 0.6 is 24.0 Å². The quantitative estimate of drug-likeness (QED) is 0.313. The Balaban J connectivity index is 0.00000324. The van der Waals surface area contributed by atoms with Crippen LogP contribution in [0.15, 0.2) is 59.6 Å². The molecule has 2 heterocycles. The molecule has 0 aliphatic carbocycles. The number of guanidine groups is 1. The fraction of sp³-hybridized carbons (Fsp3) is 0.481. The lowest BCUT2D eigenvalue weighted by atomic mass is 9.97. The van der Waals surface area contributed by atoms with E-state index in [9.17, 15) is 4.79 Å². The number of rotatable bonds is 6. The van der Waals surface area contributed by atoms with E-state index in [0.717, 1.165) is 51.4 Å². The normalized spacial score (nSPS) is 20.8. The van der Waals surface area contributed by atoms with Crippen molar-refractivity contribution in [2.75, 3.05) is 26.2 Å². The van der Waals surface area contributed by atoms with E-state index in [1.165, 1.54) is 16.7 Å². The third-order valence-electron chi connectivity index (χ3n) is 6.78. The van der Waals surface area contributed by atoms with Crippen LogP contribution in [0.2, 0.25) is 0 Å². The molecule has 4 rings (SSSR count). The lowest BCUT2D eigenvalue weighted by Gasteiger charge is -2.38. The highest BCUT2D eigenvalue weighted by Gasteiger charge is 2.26. The maximum absolute atomic E-state index is 12.8. The largest absolute Gasteiger partial charge is 0.357 e. The Morgan fingerprint density at radius 1 is 1.06 bits per heavy atom. The van der Waals surface area contributed by atoms with E-state index >= 15 is 0 Å². The van der Waals surface area contributed by atoms with E-state index in [0.29, 0.717) is 18.6 Å². The van der Waals surface area contributed by atoms with Gasteiger partial charge < -0.3 is 15.5 Å². The Kier molecular flexibility index (Phi) is 10.2. The zero-order chi connectivity index (χ0) is 23.0. The highest BCUT2D eigenvalue weighted by Crippen LogP contribution is 2.20. The summed E-state index contributed by atoms with van der Waals surface area (Å²) in [5, 5.41) is 6.91. The highest BCUT2D eigenvalue weighted by atomic mass is 127. The van der Waals surface area contributed by atoms with E-state index in [4.69, 9.17) is 0 Å². The fourth-order valence-electron chi connectivity index (χ4n) is 4.87. The van der Waals surface area contributed by atoms with Crippen LogP contribution in [0.25, 0.3) is 0 Å². The van der Waals surface area contributed by atoms with Gasteiger partial charge in [0.1, 0.15) is 6.54 Å². The SMILES string of the molecule is CCNC(=NCC(=O)N1CCc2ccccc2C1)NC1CCN(Cc2ccccc2)C(C)C1.I. The van der Waals surface area contributed by atoms with Crippen molar-refractivity contribution < 1.29 is 4.79 Å². The summed E-state index contributed by atoms with van der Waals surface area (Å²) in [7, 11) is 0. The van der Waals surface area contributed by atoms with Crippen LogP contribution in [0.1, 0.15) is 43.4 Å². The molecule has 1 saturated heterocycles. The summed E-state index contributed by atoms with van der Waals surface area (Å²) in [4.78, 5) is 22.0. The number of benzene rings is 2. The average molecular weight is 576 g/mol. The van der Waals surface area contributed by atoms with Crippen molar-refractivity contribution >= 4 is 35.8 Å². The lowest BCUT2D eigenvalue weighted by Crippen LogP contribution is -2.51. The Labute approximate surface area is 221 Å². The van der Waals surface area contributed by atoms with E-state index in [1.807, 2.05) is 11.0 Å². The number of piperidine rings is 1. The summed E-state index contributed by atoms with van der Waals surface area (Å²) in [5.41, 5.74) is 3.97. The number of aliphatic imine (C=N–C) groups is 1. The molecule has 0 spiro atoms. The molecule has 1 amide bonds. The standard InChI is InChI=1S/C27H37N5O.HI/c1-3-28-27(29-18-26(33)32-15-13-23-11-7-8-12-24(23)20-32)30-25-14-16-31(21(2)17-25)19-22-9-5-4-6-10-22;/h4-12,21,25H,3,13-20H2,1-2H3,(H2,28,29,30);1H. The third-order valence-corrected chi connectivity index (χ3v) is 6.78. The van der Waals surface area contributed by atoms with Gasteiger partial charge in [0.2, 0.25) is 5.91 Å². The van der Waals surface area contributed by atoms with Gasteiger partial charge in [0.25, 0.3) is 0 Å². The van der Waals surface area contributed by atoms with Gasteiger partial charge in [-0.15, -0.1) is 24.0 Å². The van der Waals surface area contributed by atoms with Crippen LogP contribution in [0, 0.1) is 0 Å². The first-order valence-corrected chi connectivity index (χ1v) is 12.3. The Morgan fingerprint density at radius 2 is 1.79 bits per heavy atom. The van der Waals surface area contributed by atoms with Crippen LogP contribution in [0.4, 0.5) is 0 Å². The van der Waals surface area contributed by atoms with Gasteiger partial charge in [0.05, 0.1) is 0 Å². The average Bonchev–Trinajstić information content (AvgIpc) is 2.84. The molecule has 2 aromatic carbocycles. The van der Waals surface area contributed by atoms with Gasteiger partial charge in [-0.2, -0.15) is 0 Å². The molecular formula is C27H38IN5O. The maximum atomic E-state index is 12.8. The van der Waals surface area contributed by atoms with Crippen molar-refractivity contribution in [3.63, 3.8) is 0 Å². The van der Waals surface area contributed by atoms with Crippen LogP contribution in [0.5, 0.6) is 0 Å². The Morgan fingerprint density at radius 3 is 2.53 bits per heavy atom. The molecule has 2 unspecified atom stereocenters. The first-order chi connectivity index (χ1) is 16.1. The molecule has 2 aliphatic rings. The van der Waals surface area contributed by atoms with Gasteiger partial charge in [0.15, 0.2) is 5.96 Å². The minimum Gasteiger partial charge on any atom is -0.357 e. The summed E-state index contributed by atoms with van der Waals surface area (Å²) < 4.78 is 0. The van der Waals surface area contributed by atoms with Crippen molar-refractivity contribution in [1.82, 2.24) is 20.4 Å². The number of likely N-dealkylation sites (tertiary alicyclic amines) is 1. The van der Waals surface area contributed by atoms with Crippen molar-refractivity contribution in [3.05, 3.63) is 71.3 Å².